The summed E-state index contributed by atoms with van der Waals surface area (Å²) in [6.07, 6.45) is 4.91. The molecule has 1 fully saturated rings. The lowest BCUT2D eigenvalue weighted by atomic mass is 10.2. The van der Waals surface area contributed by atoms with Gasteiger partial charge in [0.1, 0.15) is 0 Å². The number of hydrogen-bond acceptors (Lipinski definition) is 6. The van der Waals surface area contributed by atoms with Gasteiger partial charge < -0.3 is 5.73 Å². The minimum absolute atomic E-state index is 0.0624. The summed E-state index contributed by atoms with van der Waals surface area (Å²) in [5, 5.41) is 15.5. The van der Waals surface area contributed by atoms with E-state index in [1.807, 2.05) is 11.6 Å². The average Bonchev–Trinajstić information content (AvgIpc) is 3.16. The minimum Gasteiger partial charge on any atom is -0.327 e. The van der Waals surface area contributed by atoms with Gasteiger partial charge in [-0.25, -0.2) is 4.68 Å². The van der Waals surface area contributed by atoms with Crippen molar-refractivity contribution in [1.82, 2.24) is 20.2 Å². The molecular weight excluding hydrogens is 290 g/mol. The Balaban J connectivity index is 1.80. The van der Waals surface area contributed by atoms with Crippen LogP contribution < -0.4 is 5.73 Å². The molecule has 108 valence electrons. The van der Waals surface area contributed by atoms with Crippen LogP contribution in [0.1, 0.15) is 48.8 Å². The van der Waals surface area contributed by atoms with Gasteiger partial charge in [0.05, 0.1) is 11.3 Å². The standard InChI is InChI=1S/C13H19N5S2/c1-9(14)12(11-7-4-8-19-11)20-13-15-16-17-18(13)10-5-2-3-6-10/h4,7-10,12H,2-3,5-6,14H2,1H3. The molecule has 7 heteroatoms. The number of tetrazole rings is 1. The van der Waals surface area contributed by atoms with Gasteiger partial charge in [-0.2, -0.15) is 0 Å². The van der Waals surface area contributed by atoms with Gasteiger partial charge in [-0.05, 0) is 41.6 Å². The molecule has 5 nitrogen and oxygen atoms in total. The molecule has 3 rings (SSSR count). The molecule has 2 N–H and O–H groups in total. The summed E-state index contributed by atoms with van der Waals surface area (Å²) in [5.41, 5.74) is 6.16. The molecule has 0 spiro atoms. The Labute approximate surface area is 126 Å². The van der Waals surface area contributed by atoms with Crippen molar-refractivity contribution in [3.8, 4) is 0 Å². The number of rotatable bonds is 5. The minimum atomic E-state index is 0.0624. The molecule has 1 saturated carbocycles. The van der Waals surface area contributed by atoms with Crippen LogP contribution in [0.25, 0.3) is 0 Å². The van der Waals surface area contributed by atoms with Gasteiger partial charge in [0, 0.05) is 10.9 Å². The number of thiophene rings is 1. The zero-order valence-electron chi connectivity index (χ0n) is 11.5. The van der Waals surface area contributed by atoms with E-state index in [1.165, 1.54) is 30.6 Å². The zero-order valence-corrected chi connectivity index (χ0v) is 13.1. The van der Waals surface area contributed by atoms with E-state index in [0.29, 0.717) is 6.04 Å². The fraction of sp³-hybridized carbons (Fsp3) is 0.615. The Kier molecular flexibility index (Phi) is 4.38. The van der Waals surface area contributed by atoms with E-state index >= 15 is 0 Å². The topological polar surface area (TPSA) is 69.6 Å². The molecule has 1 aliphatic rings. The van der Waals surface area contributed by atoms with Crippen molar-refractivity contribution in [1.29, 1.82) is 0 Å². The molecule has 2 heterocycles. The maximum atomic E-state index is 6.16. The van der Waals surface area contributed by atoms with E-state index in [2.05, 4.69) is 33.0 Å². The van der Waals surface area contributed by atoms with E-state index in [1.54, 1.807) is 23.1 Å². The largest absolute Gasteiger partial charge is 0.327 e. The summed E-state index contributed by atoms with van der Waals surface area (Å²) >= 11 is 3.43. The van der Waals surface area contributed by atoms with Gasteiger partial charge >= 0.3 is 0 Å². The van der Waals surface area contributed by atoms with Crippen LogP contribution in [-0.4, -0.2) is 26.2 Å². The summed E-state index contributed by atoms with van der Waals surface area (Å²) in [5.74, 6) is 0. The average molecular weight is 309 g/mol. The number of nitrogens with zero attached hydrogens (tertiary/aromatic N) is 4. The molecule has 0 saturated heterocycles. The summed E-state index contributed by atoms with van der Waals surface area (Å²) in [6.45, 7) is 2.04. The van der Waals surface area contributed by atoms with Crippen molar-refractivity contribution in [2.24, 2.45) is 5.73 Å². The molecule has 0 bridgehead atoms. The molecule has 2 aromatic rings. The van der Waals surface area contributed by atoms with Crippen molar-refractivity contribution in [3.05, 3.63) is 22.4 Å². The maximum absolute atomic E-state index is 6.16. The molecule has 0 aromatic carbocycles. The molecule has 2 atom stereocenters. The number of aromatic nitrogens is 4. The normalized spacial score (nSPS) is 19.3. The quantitative estimate of drug-likeness (QED) is 0.860. The molecular formula is C13H19N5S2. The highest BCUT2D eigenvalue weighted by Gasteiger charge is 2.26. The van der Waals surface area contributed by atoms with Crippen LogP contribution in [0.3, 0.4) is 0 Å². The first kappa shape index (κ1) is 14.0. The maximum Gasteiger partial charge on any atom is 0.210 e. The van der Waals surface area contributed by atoms with E-state index in [9.17, 15) is 0 Å². The first-order valence-corrected chi connectivity index (χ1v) is 8.75. The molecule has 0 aliphatic heterocycles. The molecule has 20 heavy (non-hydrogen) atoms. The summed E-state index contributed by atoms with van der Waals surface area (Å²) in [4.78, 5) is 1.28. The van der Waals surface area contributed by atoms with Crippen molar-refractivity contribution < 1.29 is 0 Å². The van der Waals surface area contributed by atoms with E-state index in [-0.39, 0.29) is 11.3 Å². The predicted octanol–water partition coefficient (Wildman–Crippen LogP) is 3.03. The number of nitrogens with two attached hydrogens (primary N) is 1. The van der Waals surface area contributed by atoms with Crippen molar-refractivity contribution in [2.45, 2.75) is 55.1 Å². The Morgan fingerprint density at radius 2 is 2.25 bits per heavy atom. The van der Waals surface area contributed by atoms with E-state index < -0.39 is 0 Å². The Hall–Kier alpha value is -0.920. The van der Waals surface area contributed by atoms with E-state index in [0.717, 1.165) is 5.16 Å². The fourth-order valence-electron chi connectivity index (χ4n) is 2.63. The number of hydrogen-bond donors (Lipinski definition) is 1. The first-order chi connectivity index (χ1) is 9.75. The smallest absolute Gasteiger partial charge is 0.210 e. The lowest BCUT2D eigenvalue weighted by Crippen LogP contribution is -2.22. The van der Waals surface area contributed by atoms with Crippen LogP contribution in [0, 0.1) is 0 Å². The van der Waals surface area contributed by atoms with Crippen LogP contribution in [0.15, 0.2) is 22.7 Å². The molecule has 2 unspecified atom stereocenters. The third-order valence-corrected chi connectivity index (χ3v) is 6.19. The monoisotopic (exact) mass is 309 g/mol. The fourth-order valence-corrected chi connectivity index (χ4v) is 4.78. The van der Waals surface area contributed by atoms with Gasteiger partial charge in [-0.3, -0.25) is 0 Å². The Morgan fingerprint density at radius 1 is 1.45 bits per heavy atom. The third-order valence-electron chi connectivity index (χ3n) is 3.67. The number of thioether (sulfide) groups is 1. The van der Waals surface area contributed by atoms with Gasteiger partial charge in [0.25, 0.3) is 0 Å². The lowest BCUT2D eigenvalue weighted by Gasteiger charge is -2.19. The lowest BCUT2D eigenvalue weighted by molar-refractivity contribution is 0.422. The van der Waals surface area contributed by atoms with Crippen LogP contribution in [0.2, 0.25) is 0 Å². The zero-order chi connectivity index (χ0) is 13.9. The van der Waals surface area contributed by atoms with Crippen molar-refractivity contribution in [3.63, 3.8) is 0 Å². The molecule has 0 radical (unpaired) electrons. The molecule has 0 amide bonds. The van der Waals surface area contributed by atoms with Gasteiger partial charge in [0.2, 0.25) is 5.16 Å². The van der Waals surface area contributed by atoms with Gasteiger partial charge in [-0.15, -0.1) is 16.4 Å². The van der Waals surface area contributed by atoms with Crippen LogP contribution >= 0.6 is 23.1 Å². The van der Waals surface area contributed by atoms with Gasteiger partial charge in [-0.1, -0.05) is 30.7 Å². The first-order valence-electron chi connectivity index (χ1n) is 6.99. The van der Waals surface area contributed by atoms with Crippen molar-refractivity contribution in [2.75, 3.05) is 0 Å². The van der Waals surface area contributed by atoms with Crippen LogP contribution in [0.5, 0.6) is 0 Å². The molecule has 2 aromatic heterocycles. The predicted molar refractivity (Wildman–Crippen MR) is 81.9 cm³/mol. The highest BCUT2D eigenvalue weighted by Crippen LogP contribution is 2.40. The highest BCUT2D eigenvalue weighted by molar-refractivity contribution is 7.99. The highest BCUT2D eigenvalue weighted by atomic mass is 32.2. The van der Waals surface area contributed by atoms with Crippen molar-refractivity contribution >= 4 is 23.1 Å². The summed E-state index contributed by atoms with van der Waals surface area (Å²) < 4.78 is 2.00. The third kappa shape index (κ3) is 2.89. The summed E-state index contributed by atoms with van der Waals surface area (Å²) in [6, 6.07) is 4.72. The van der Waals surface area contributed by atoms with Gasteiger partial charge in [0.15, 0.2) is 0 Å². The molecule has 1 aliphatic carbocycles. The summed E-state index contributed by atoms with van der Waals surface area (Å²) in [7, 11) is 0. The van der Waals surface area contributed by atoms with Crippen LogP contribution in [0.4, 0.5) is 0 Å². The second-order valence-corrected chi connectivity index (χ2v) is 7.35. The van der Waals surface area contributed by atoms with Crippen LogP contribution in [-0.2, 0) is 0 Å². The second kappa shape index (κ2) is 6.24. The SMILES string of the molecule is CC(N)C(Sc1nnnn1C1CCCC1)c1cccs1. The Morgan fingerprint density at radius 3 is 2.90 bits per heavy atom. The second-order valence-electron chi connectivity index (χ2n) is 5.26. The Bertz CT molecular complexity index is 531. The van der Waals surface area contributed by atoms with E-state index in [4.69, 9.17) is 5.73 Å².